The van der Waals surface area contributed by atoms with Crippen LogP contribution in [0, 0.1) is 17.8 Å². The van der Waals surface area contributed by atoms with Gasteiger partial charge in [-0.15, -0.1) is 0 Å². The molecule has 0 aromatic rings. The van der Waals surface area contributed by atoms with E-state index in [1.807, 2.05) is 6.08 Å². The normalized spacial score (nSPS) is 14.0. The van der Waals surface area contributed by atoms with Gasteiger partial charge in [0.05, 0.1) is 6.61 Å². The van der Waals surface area contributed by atoms with Crippen molar-refractivity contribution in [1.82, 2.24) is 0 Å². The summed E-state index contributed by atoms with van der Waals surface area (Å²) < 4.78 is 0. The van der Waals surface area contributed by atoms with E-state index in [1.54, 1.807) is 0 Å². The van der Waals surface area contributed by atoms with E-state index >= 15 is 0 Å². The van der Waals surface area contributed by atoms with Crippen LogP contribution >= 0.6 is 0 Å². The van der Waals surface area contributed by atoms with Gasteiger partial charge < -0.3 is 10.2 Å². The van der Waals surface area contributed by atoms with Crippen molar-refractivity contribution in [3.8, 4) is 0 Å². The first-order valence-electron chi connectivity index (χ1n) is 10.1. The standard InChI is InChI=1S/C20H40O.C2H4O2/c1-17(2)9-6-10-18(3)11-7-12-19(4)13-8-14-20(5)15-16-21;1-2(3)4/h15,17-19,21H,6-14,16H2,1-5H3;1H3,(H,3,4). The lowest BCUT2D eigenvalue weighted by atomic mass is 9.91. The summed E-state index contributed by atoms with van der Waals surface area (Å²) in [5, 5.41) is 16.2. The molecule has 0 heterocycles. The van der Waals surface area contributed by atoms with Gasteiger partial charge in [0.1, 0.15) is 0 Å². The highest BCUT2D eigenvalue weighted by molar-refractivity contribution is 5.62. The molecule has 0 aliphatic rings. The second-order valence-electron chi connectivity index (χ2n) is 8.11. The Kier molecular flexibility index (Phi) is 19.0. The Bertz CT molecular complexity index is 330. The van der Waals surface area contributed by atoms with Crippen molar-refractivity contribution in [2.45, 2.75) is 99.3 Å². The van der Waals surface area contributed by atoms with Crippen LogP contribution in [0.15, 0.2) is 11.6 Å². The fourth-order valence-electron chi connectivity index (χ4n) is 2.97. The van der Waals surface area contributed by atoms with Crippen molar-refractivity contribution in [1.29, 1.82) is 0 Å². The zero-order chi connectivity index (χ0) is 19.7. The van der Waals surface area contributed by atoms with Crippen molar-refractivity contribution in [2.75, 3.05) is 6.61 Å². The molecule has 0 aliphatic heterocycles. The molecule has 0 rings (SSSR count). The van der Waals surface area contributed by atoms with E-state index in [0.717, 1.165) is 31.1 Å². The predicted octanol–water partition coefficient (Wildman–Crippen LogP) is 6.46. The molecule has 2 atom stereocenters. The molecule has 0 aliphatic carbocycles. The summed E-state index contributed by atoms with van der Waals surface area (Å²) >= 11 is 0. The Labute approximate surface area is 156 Å². The summed E-state index contributed by atoms with van der Waals surface area (Å²) in [7, 11) is 0. The smallest absolute Gasteiger partial charge is 0.300 e. The molecule has 0 fully saturated rings. The molecule has 2 N–H and O–H groups in total. The second kappa shape index (κ2) is 18.0. The van der Waals surface area contributed by atoms with Gasteiger partial charge in [0.25, 0.3) is 5.97 Å². The number of carboxylic acid groups (broad SMARTS) is 1. The minimum atomic E-state index is -0.833. The summed E-state index contributed by atoms with van der Waals surface area (Å²) in [6.07, 6.45) is 14.1. The molecule has 2 unspecified atom stereocenters. The van der Waals surface area contributed by atoms with Crippen LogP contribution in [0.2, 0.25) is 0 Å². The van der Waals surface area contributed by atoms with Crippen LogP contribution in [0.25, 0.3) is 0 Å². The number of rotatable bonds is 13. The molecule has 0 amide bonds. The van der Waals surface area contributed by atoms with Crippen LogP contribution < -0.4 is 0 Å². The lowest BCUT2D eigenvalue weighted by molar-refractivity contribution is -0.134. The summed E-state index contributed by atoms with van der Waals surface area (Å²) in [4.78, 5) is 9.00. The summed E-state index contributed by atoms with van der Waals surface area (Å²) in [5.74, 6) is 1.79. The average Bonchev–Trinajstić information content (AvgIpc) is 2.46. The maximum Gasteiger partial charge on any atom is 0.300 e. The highest BCUT2D eigenvalue weighted by Gasteiger charge is 2.06. The van der Waals surface area contributed by atoms with E-state index in [0.29, 0.717) is 0 Å². The third-order valence-corrected chi connectivity index (χ3v) is 4.58. The first-order chi connectivity index (χ1) is 11.7. The molecule has 3 nitrogen and oxygen atoms in total. The summed E-state index contributed by atoms with van der Waals surface area (Å²) in [6.45, 7) is 12.9. The molecule has 3 heteroatoms. The fraction of sp³-hybridized carbons (Fsp3) is 0.864. The van der Waals surface area contributed by atoms with E-state index in [-0.39, 0.29) is 6.61 Å². The lowest BCUT2D eigenvalue weighted by Crippen LogP contribution is -2.00. The molecule has 0 spiro atoms. The SMILES string of the molecule is CC(=CCO)CCCC(C)CCCC(C)CCCC(C)C.CC(=O)O. The maximum absolute atomic E-state index is 9.00. The van der Waals surface area contributed by atoms with Crippen molar-refractivity contribution in [2.24, 2.45) is 17.8 Å². The molecule has 0 saturated carbocycles. The van der Waals surface area contributed by atoms with Gasteiger partial charge in [-0.25, -0.2) is 0 Å². The van der Waals surface area contributed by atoms with Crippen molar-refractivity contribution >= 4 is 5.97 Å². The third kappa shape index (κ3) is 25.5. The molecule has 25 heavy (non-hydrogen) atoms. The lowest BCUT2D eigenvalue weighted by Gasteiger charge is -2.15. The van der Waals surface area contributed by atoms with Gasteiger partial charge in [-0.2, -0.15) is 0 Å². The van der Waals surface area contributed by atoms with E-state index in [1.165, 1.54) is 56.9 Å². The maximum atomic E-state index is 9.00. The Morgan fingerprint density at radius 2 is 1.24 bits per heavy atom. The Hall–Kier alpha value is -0.830. The van der Waals surface area contributed by atoms with E-state index in [9.17, 15) is 0 Å². The van der Waals surface area contributed by atoms with E-state index < -0.39 is 5.97 Å². The van der Waals surface area contributed by atoms with Crippen LogP contribution in [-0.2, 0) is 4.79 Å². The predicted molar refractivity (Wildman–Crippen MR) is 109 cm³/mol. The van der Waals surface area contributed by atoms with Crippen LogP contribution in [0.3, 0.4) is 0 Å². The number of aliphatic hydroxyl groups excluding tert-OH is 1. The summed E-state index contributed by atoms with van der Waals surface area (Å²) in [6, 6.07) is 0. The van der Waals surface area contributed by atoms with Gasteiger partial charge in [-0.1, -0.05) is 84.3 Å². The molecule has 0 aromatic heterocycles. The monoisotopic (exact) mass is 356 g/mol. The van der Waals surface area contributed by atoms with Gasteiger partial charge in [0.2, 0.25) is 0 Å². The average molecular weight is 357 g/mol. The zero-order valence-electron chi connectivity index (χ0n) is 17.7. The molecule has 0 saturated heterocycles. The third-order valence-electron chi connectivity index (χ3n) is 4.58. The van der Waals surface area contributed by atoms with Gasteiger partial charge in [-0.3, -0.25) is 4.79 Å². The quantitative estimate of drug-likeness (QED) is 0.372. The first-order valence-corrected chi connectivity index (χ1v) is 10.1. The number of allylic oxidation sites excluding steroid dienone is 1. The second-order valence-corrected chi connectivity index (χ2v) is 8.11. The molecular weight excluding hydrogens is 312 g/mol. The number of aliphatic hydroxyl groups is 1. The van der Waals surface area contributed by atoms with Crippen molar-refractivity contribution in [3.05, 3.63) is 11.6 Å². The molecule has 0 bridgehead atoms. The Morgan fingerprint density at radius 3 is 1.64 bits per heavy atom. The van der Waals surface area contributed by atoms with Crippen LogP contribution in [0.1, 0.15) is 99.3 Å². The topological polar surface area (TPSA) is 57.5 Å². The number of hydrogen-bond donors (Lipinski definition) is 2. The molecule has 0 radical (unpaired) electrons. The largest absolute Gasteiger partial charge is 0.481 e. The Balaban J connectivity index is 0. The van der Waals surface area contributed by atoms with Crippen molar-refractivity contribution in [3.63, 3.8) is 0 Å². The molecule has 0 aromatic carbocycles. The Morgan fingerprint density at radius 1 is 0.840 bits per heavy atom. The number of hydrogen-bond acceptors (Lipinski definition) is 2. The van der Waals surface area contributed by atoms with Gasteiger partial charge in [0, 0.05) is 6.92 Å². The molecular formula is C22H44O3. The molecule has 150 valence electrons. The van der Waals surface area contributed by atoms with Crippen molar-refractivity contribution < 1.29 is 15.0 Å². The number of carboxylic acids is 1. The number of carbonyl (C=O) groups is 1. The van der Waals surface area contributed by atoms with Gasteiger partial charge in [-0.05, 0) is 37.5 Å². The first kappa shape index (κ1) is 26.4. The number of aliphatic carboxylic acids is 1. The minimum absolute atomic E-state index is 0.191. The van der Waals surface area contributed by atoms with Crippen LogP contribution in [0.5, 0.6) is 0 Å². The van der Waals surface area contributed by atoms with Crippen LogP contribution in [-0.4, -0.2) is 22.8 Å². The van der Waals surface area contributed by atoms with Gasteiger partial charge >= 0.3 is 0 Å². The summed E-state index contributed by atoms with van der Waals surface area (Å²) in [5.41, 5.74) is 1.34. The fourth-order valence-corrected chi connectivity index (χ4v) is 2.97. The minimum Gasteiger partial charge on any atom is -0.481 e. The van der Waals surface area contributed by atoms with Crippen LogP contribution in [0.4, 0.5) is 0 Å². The van der Waals surface area contributed by atoms with E-state index in [2.05, 4.69) is 34.6 Å². The van der Waals surface area contributed by atoms with Gasteiger partial charge in [0.15, 0.2) is 0 Å². The highest BCUT2D eigenvalue weighted by Crippen LogP contribution is 2.21. The zero-order valence-corrected chi connectivity index (χ0v) is 17.7. The highest BCUT2D eigenvalue weighted by atomic mass is 16.4. The van der Waals surface area contributed by atoms with E-state index in [4.69, 9.17) is 15.0 Å².